The van der Waals surface area contributed by atoms with Gasteiger partial charge in [-0.1, -0.05) is 30.3 Å². The molecular formula is C19H21NO3. The van der Waals surface area contributed by atoms with Crippen molar-refractivity contribution in [2.24, 2.45) is 0 Å². The lowest BCUT2D eigenvalue weighted by Gasteiger charge is -2.11. The SMILES string of the molecule is O=C(C[C@@H]1CCCO1)NCc1cccc(Oc2ccccc2)c1. The molecule has 0 unspecified atom stereocenters. The molecule has 1 fully saturated rings. The summed E-state index contributed by atoms with van der Waals surface area (Å²) in [6.45, 7) is 1.27. The molecule has 1 amide bonds. The maximum atomic E-state index is 11.9. The van der Waals surface area contributed by atoms with E-state index in [0.29, 0.717) is 13.0 Å². The van der Waals surface area contributed by atoms with Gasteiger partial charge in [0.2, 0.25) is 5.91 Å². The van der Waals surface area contributed by atoms with Crippen LogP contribution in [-0.4, -0.2) is 18.6 Å². The van der Waals surface area contributed by atoms with Gasteiger partial charge in [0.25, 0.3) is 0 Å². The highest BCUT2D eigenvalue weighted by molar-refractivity contribution is 5.76. The van der Waals surface area contributed by atoms with Crippen LogP contribution >= 0.6 is 0 Å². The zero-order chi connectivity index (χ0) is 15.9. The predicted octanol–water partition coefficient (Wildman–Crippen LogP) is 3.66. The summed E-state index contributed by atoms with van der Waals surface area (Å²) in [6.07, 6.45) is 2.56. The number of para-hydroxylation sites is 1. The summed E-state index contributed by atoms with van der Waals surface area (Å²) in [5.41, 5.74) is 1.01. The minimum Gasteiger partial charge on any atom is -0.457 e. The fourth-order valence-electron chi connectivity index (χ4n) is 2.63. The van der Waals surface area contributed by atoms with Crippen molar-refractivity contribution in [3.05, 3.63) is 60.2 Å². The fraction of sp³-hybridized carbons (Fsp3) is 0.316. The fourth-order valence-corrected chi connectivity index (χ4v) is 2.63. The molecule has 1 saturated heterocycles. The normalized spacial score (nSPS) is 17.0. The number of carbonyl (C=O) groups is 1. The van der Waals surface area contributed by atoms with Gasteiger partial charge in [-0.2, -0.15) is 0 Å². The van der Waals surface area contributed by atoms with Crippen molar-refractivity contribution in [1.29, 1.82) is 0 Å². The molecule has 0 spiro atoms. The van der Waals surface area contributed by atoms with E-state index in [2.05, 4.69) is 5.32 Å². The molecule has 4 nitrogen and oxygen atoms in total. The summed E-state index contributed by atoms with van der Waals surface area (Å²) in [7, 11) is 0. The Hall–Kier alpha value is -2.33. The van der Waals surface area contributed by atoms with Gasteiger partial charge in [-0.05, 0) is 42.7 Å². The Bertz CT molecular complexity index is 636. The monoisotopic (exact) mass is 311 g/mol. The van der Waals surface area contributed by atoms with Gasteiger partial charge in [0.1, 0.15) is 11.5 Å². The molecule has 1 N–H and O–H groups in total. The first-order valence-electron chi connectivity index (χ1n) is 8.00. The van der Waals surface area contributed by atoms with Gasteiger partial charge in [-0.3, -0.25) is 4.79 Å². The van der Waals surface area contributed by atoms with Gasteiger partial charge in [0, 0.05) is 13.2 Å². The molecule has 4 heteroatoms. The molecule has 2 aromatic carbocycles. The van der Waals surface area contributed by atoms with Crippen molar-refractivity contribution >= 4 is 5.91 Å². The van der Waals surface area contributed by atoms with Crippen molar-refractivity contribution in [3.8, 4) is 11.5 Å². The first-order chi connectivity index (χ1) is 11.3. The lowest BCUT2D eigenvalue weighted by molar-refractivity contribution is -0.123. The van der Waals surface area contributed by atoms with Crippen LogP contribution in [0.1, 0.15) is 24.8 Å². The number of benzene rings is 2. The van der Waals surface area contributed by atoms with Crippen molar-refractivity contribution in [2.45, 2.75) is 31.9 Å². The summed E-state index contributed by atoms with van der Waals surface area (Å²) in [6, 6.07) is 17.4. The quantitative estimate of drug-likeness (QED) is 0.885. The second kappa shape index (κ2) is 7.79. The van der Waals surface area contributed by atoms with Crippen LogP contribution in [0.5, 0.6) is 11.5 Å². The molecule has 0 aliphatic carbocycles. The Morgan fingerprint density at radius 1 is 1.13 bits per heavy atom. The molecule has 2 aromatic rings. The van der Waals surface area contributed by atoms with Crippen molar-refractivity contribution in [2.75, 3.05) is 6.61 Å². The standard InChI is InChI=1S/C19H21NO3/c21-19(13-17-10-5-11-22-17)20-14-15-6-4-9-18(12-15)23-16-7-2-1-3-8-16/h1-4,6-9,12,17H,5,10-11,13-14H2,(H,20,21)/t17-/m0/s1. The molecule has 0 saturated carbocycles. The highest BCUT2D eigenvalue weighted by Crippen LogP contribution is 2.22. The zero-order valence-corrected chi connectivity index (χ0v) is 13.0. The Morgan fingerprint density at radius 2 is 1.96 bits per heavy atom. The van der Waals surface area contributed by atoms with E-state index in [4.69, 9.17) is 9.47 Å². The van der Waals surface area contributed by atoms with Crippen LogP contribution in [0.2, 0.25) is 0 Å². The molecule has 0 aromatic heterocycles. The smallest absolute Gasteiger partial charge is 0.222 e. The third-order valence-electron chi connectivity index (χ3n) is 3.80. The topological polar surface area (TPSA) is 47.6 Å². The summed E-state index contributed by atoms with van der Waals surface area (Å²) >= 11 is 0. The van der Waals surface area contributed by atoms with Gasteiger partial charge in [-0.15, -0.1) is 0 Å². The number of amides is 1. The van der Waals surface area contributed by atoms with Crippen molar-refractivity contribution in [1.82, 2.24) is 5.32 Å². The van der Waals surface area contributed by atoms with E-state index in [1.165, 1.54) is 0 Å². The van der Waals surface area contributed by atoms with Gasteiger partial charge in [0.15, 0.2) is 0 Å². The van der Waals surface area contributed by atoms with Crippen LogP contribution in [-0.2, 0) is 16.1 Å². The molecular weight excluding hydrogens is 290 g/mol. The number of hydrogen-bond donors (Lipinski definition) is 1. The highest BCUT2D eigenvalue weighted by atomic mass is 16.5. The average molecular weight is 311 g/mol. The third kappa shape index (κ3) is 4.83. The van der Waals surface area contributed by atoms with Crippen LogP contribution in [0.4, 0.5) is 0 Å². The number of ether oxygens (including phenoxy) is 2. The Balaban J connectivity index is 1.52. The van der Waals surface area contributed by atoms with Crippen LogP contribution in [0, 0.1) is 0 Å². The molecule has 1 aliphatic heterocycles. The van der Waals surface area contributed by atoms with E-state index in [9.17, 15) is 4.79 Å². The highest BCUT2D eigenvalue weighted by Gasteiger charge is 2.18. The van der Waals surface area contributed by atoms with E-state index >= 15 is 0 Å². The van der Waals surface area contributed by atoms with E-state index in [0.717, 1.165) is 36.5 Å². The van der Waals surface area contributed by atoms with Gasteiger partial charge in [0.05, 0.1) is 12.5 Å². The maximum Gasteiger partial charge on any atom is 0.222 e. The number of rotatable bonds is 6. The summed E-state index contributed by atoms with van der Waals surface area (Å²) in [5.74, 6) is 1.60. The van der Waals surface area contributed by atoms with Crippen LogP contribution in [0.15, 0.2) is 54.6 Å². The molecule has 1 heterocycles. The number of hydrogen-bond acceptors (Lipinski definition) is 3. The summed E-state index contributed by atoms with van der Waals surface area (Å²) < 4.78 is 11.3. The number of nitrogens with one attached hydrogen (secondary N) is 1. The first kappa shape index (κ1) is 15.6. The zero-order valence-electron chi connectivity index (χ0n) is 13.0. The van der Waals surface area contributed by atoms with Crippen LogP contribution < -0.4 is 10.1 Å². The Labute approximate surface area is 136 Å². The lowest BCUT2D eigenvalue weighted by Crippen LogP contribution is -2.26. The minimum absolute atomic E-state index is 0.0336. The summed E-state index contributed by atoms with van der Waals surface area (Å²) in [4.78, 5) is 11.9. The van der Waals surface area contributed by atoms with Gasteiger partial charge in [-0.25, -0.2) is 0 Å². The molecule has 120 valence electrons. The second-order valence-electron chi connectivity index (χ2n) is 5.68. The Kier molecular flexibility index (Phi) is 5.27. The van der Waals surface area contributed by atoms with Gasteiger partial charge >= 0.3 is 0 Å². The molecule has 23 heavy (non-hydrogen) atoms. The third-order valence-corrected chi connectivity index (χ3v) is 3.80. The van der Waals surface area contributed by atoms with Gasteiger partial charge < -0.3 is 14.8 Å². The molecule has 0 bridgehead atoms. The first-order valence-corrected chi connectivity index (χ1v) is 8.00. The lowest BCUT2D eigenvalue weighted by atomic mass is 10.1. The largest absolute Gasteiger partial charge is 0.457 e. The average Bonchev–Trinajstić information content (AvgIpc) is 3.07. The minimum atomic E-state index is 0.0336. The van der Waals surface area contributed by atoms with E-state index in [-0.39, 0.29) is 12.0 Å². The van der Waals surface area contributed by atoms with Crippen molar-refractivity contribution in [3.63, 3.8) is 0 Å². The van der Waals surface area contributed by atoms with E-state index in [1.807, 2.05) is 54.6 Å². The molecule has 0 radical (unpaired) electrons. The molecule has 1 aliphatic rings. The number of carbonyl (C=O) groups excluding carboxylic acids is 1. The van der Waals surface area contributed by atoms with Crippen LogP contribution in [0.25, 0.3) is 0 Å². The molecule has 3 rings (SSSR count). The second-order valence-corrected chi connectivity index (χ2v) is 5.68. The summed E-state index contributed by atoms with van der Waals surface area (Å²) in [5, 5.41) is 2.94. The Morgan fingerprint density at radius 3 is 2.74 bits per heavy atom. The predicted molar refractivity (Wildman–Crippen MR) is 88.4 cm³/mol. The van der Waals surface area contributed by atoms with E-state index < -0.39 is 0 Å². The van der Waals surface area contributed by atoms with Crippen molar-refractivity contribution < 1.29 is 14.3 Å². The maximum absolute atomic E-state index is 11.9. The molecule has 1 atom stereocenters. The van der Waals surface area contributed by atoms with E-state index in [1.54, 1.807) is 0 Å². The van der Waals surface area contributed by atoms with Crippen LogP contribution in [0.3, 0.4) is 0 Å².